The first-order valence-electron chi connectivity index (χ1n) is 8.38. The molecule has 2 rings (SSSR count). The molecule has 2 aromatic carbocycles. The summed E-state index contributed by atoms with van der Waals surface area (Å²) >= 11 is 0. The van der Waals surface area contributed by atoms with Crippen LogP contribution < -0.4 is 5.32 Å². The van der Waals surface area contributed by atoms with Gasteiger partial charge in [0.15, 0.2) is 0 Å². The van der Waals surface area contributed by atoms with E-state index in [4.69, 9.17) is 0 Å². The maximum atomic E-state index is 12.4. The molecule has 0 aliphatic rings. The van der Waals surface area contributed by atoms with E-state index < -0.39 is 0 Å². The zero-order chi connectivity index (χ0) is 18.2. The number of benzene rings is 2. The van der Waals surface area contributed by atoms with Crippen LogP contribution in [0.3, 0.4) is 0 Å². The molecule has 0 aromatic heterocycles. The second kappa shape index (κ2) is 9.20. The molecule has 5 heteroatoms. The minimum absolute atomic E-state index is 0.00431. The molecule has 0 spiro atoms. The monoisotopic (exact) mass is 341 g/mol. The number of nitrogens with zero attached hydrogens (tertiary/aromatic N) is 2. The highest BCUT2D eigenvalue weighted by Gasteiger charge is 2.11. The first-order valence-corrected chi connectivity index (χ1v) is 8.38. The second-order valence-corrected chi connectivity index (χ2v) is 6.50. The standard InChI is InChI=1S/C20H27N3O2/c1-22(2)13-18-9-4-5-10-19(18)14-23(3)20(25)21-12-16-7-6-8-17(11-16)15-24/h4-11,24H,12-15H2,1-3H3,(H,21,25). The molecule has 2 amide bonds. The van der Waals surface area contributed by atoms with Crippen molar-refractivity contribution in [2.24, 2.45) is 0 Å². The van der Waals surface area contributed by atoms with E-state index in [0.717, 1.165) is 23.2 Å². The number of hydrogen-bond acceptors (Lipinski definition) is 3. The van der Waals surface area contributed by atoms with Crippen LogP contribution in [0.4, 0.5) is 4.79 Å². The zero-order valence-electron chi connectivity index (χ0n) is 15.2. The van der Waals surface area contributed by atoms with Crippen LogP contribution in [0.1, 0.15) is 22.3 Å². The lowest BCUT2D eigenvalue weighted by Crippen LogP contribution is -2.36. The molecule has 0 saturated heterocycles. The molecule has 2 aromatic rings. The SMILES string of the molecule is CN(C)Cc1ccccc1CN(C)C(=O)NCc1cccc(CO)c1. The maximum absolute atomic E-state index is 12.4. The number of aliphatic hydroxyl groups excluding tert-OH is 1. The Balaban J connectivity index is 1.94. The Morgan fingerprint density at radius 3 is 2.24 bits per heavy atom. The van der Waals surface area contributed by atoms with E-state index >= 15 is 0 Å². The van der Waals surface area contributed by atoms with E-state index in [0.29, 0.717) is 13.1 Å². The van der Waals surface area contributed by atoms with Gasteiger partial charge in [-0.05, 0) is 36.3 Å². The number of carbonyl (C=O) groups is 1. The van der Waals surface area contributed by atoms with Crippen LogP contribution >= 0.6 is 0 Å². The van der Waals surface area contributed by atoms with Crippen molar-refractivity contribution in [2.75, 3.05) is 21.1 Å². The van der Waals surface area contributed by atoms with Crippen molar-refractivity contribution in [1.29, 1.82) is 0 Å². The smallest absolute Gasteiger partial charge is 0.317 e. The van der Waals surface area contributed by atoms with E-state index in [1.165, 1.54) is 5.56 Å². The lowest BCUT2D eigenvalue weighted by molar-refractivity contribution is 0.206. The first kappa shape index (κ1) is 19.0. The van der Waals surface area contributed by atoms with Crippen molar-refractivity contribution in [3.63, 3.8) is 0 Å². The van der Waals surface area contributed by atoms with Gasteiger partial charge >= 0.3 is 6.03 Å². The van der Waals surface area contributed by atoms with Gasteiger partial charge in [0.2, 0.25) is 0 Å². The van der Waals surface area contributed by atoms with Gasteiger partial charge in [0, 0.05) is 26.7 Å². The molecule has 0 atom stereocenters. The lowest BCUT2D eigenvalue weighted by Gasteiger charge is -2.21. The van der Waals surface area contributed by atoms with Gasteiger partial charge in [-0.25, -0.2) is 4.79 Å². The highest BCUT2D eigenvalue weighted by atomic mass is 16.3. The summed E-state index contributed by atoms with van der Waals surface area (Å²) < 4.78 is 0. The van der Waals surface area contributed by atoms with Crippen molar-refractivity contribution >= 4 is 6.03 Å². The van der Waals surface area contributed by atoms with Crippen molar-refractivity contribution in [1.82, 2.24) is 15.1 Å². The fourth-order valence-electron chi connectivity index (χ4n) is 2.68. The van der Waals surface area contributed by atoms with Crippen LogP contribution in [-0.2, 0) is 26.2 Å². The Bertz CT molecular complexity index is 701. The summed E-state index contributed by atoms with van der Waals surface area (Å²) in [4.78, 5) is 16.2. The predicted molar refractivity (Wildman–Crippen MR) is 99.9 cm³/mol. The van der Waals surface area contributed by atoms with Gasteiger partial charge in [0.05, 0.1) is 6.61 Å². The summed E-state index contributed by atoms with van der Waals surface area (Å²) in [5.74, 6) is 0. The van der Waals surface area contributed by atoms with Gasteiger partial charge in [-0.3, -0.25) is 0 Å². The third-order valence-electron chi connectivity index (χ3n) is 3.98. The van der Waals surface area contributed by atoms with E-state index in [9.17, 15) is 9.90 Å². The lowest BCUT2D eigenvalue weighted by atomic mass is 10.1. The first-order chi connectivity index (χ1) is 12.0. The highest BCUT2D eigenvalue weighted by molar-refractivity contribution is 5.73. The van der Waals surface area contributed by atoms with Crippen LogP contribution in [-0.4, -0.2) is 42.1 Å². The van der Waals surface area contributed by atoms with Gasteiger partial charge in [-0.15, -0.1) is 0 Å². The molecule has 5 nitrogen and oxygen atoms in total. The third-order valence-corrected chi connectivity index (χ3v) is 3.98. The summed E-state index contributed by atoms with van der Waals surface area (Å²) in [7, 11) is 5.87. The molecule has 0 radical (unpaired) electrons. The molecule has 2 N–H and O–H groups in total. The quantitative estimate of drug-likeness (QED) is 0.814. The summed E-state index contributed by atoms with van der Waals surface area (Å²) in [5.41, 5.74) is 4.19. The second-order valence-electron chi connectivity index (χ2n) is 6.50. The van der Waals surface area contributed by atoms with Crippen LogP contribution in [0.25, 0.3) is 0 Å². The summed E-state index contributed by atoms with van der Waals surface area (Å²) in [6.07, 6.45) is 0. The minimum Gasteiger partial charge on any atom is -0.392 e. The van der Waals surface area contributed by atoms with Crippen molar-refractivity contribution in [3.8, 4) is 0 Å². The largest absolute Gasteiger partial charge is 0.392 e. The molecule has 25 heavy (non-hydrogen) atoms. The minimum atomic E-state index is -0.117. The number of amides is 2. The number of nitrogens with one attached hydrogen (secondary N) is 1. The number of urea groups is 1. The fraction of sp³-hybridized carbons (Fsp3) is 0.350. The van der Waals surface area contributed by atoms with E-state index in [1.54, 1.807) is 11.9 Å². The zero-order valence-corrected chi connectivity index (χ0v) is 15.2. The Hall–Kier alpha value is -2.37. The molecule has 134 valence electrons. The highest BCUT2D eigenvalue weighted by Crippen LogP contribution is 2.13. The Labute approximate surface area is 149 Å². The third kappa shape index (κ3) is 5.89. The summed E-state index contributed by atoms with van der Waals surface area (Å²) in [5, 5.41) is 12.1. The average molecular weight is 341 g/mol. The van der Waals surface area contributed by atoms with Crippen molar-refractivity contribution < 1.29 is 9.90 Å². The Kier molecular flexibility index (Phi) is 6.98. The molecule has 0 fully saturated rings. The van der Waals surface area contributed by atoms with Crippen molar-refractivity contribution in [2.45, 2.75) is 26.2 Å². The van der Waals surface area contributed by atoms with Crippen LogP contribution in [0.5, 0.6) is 0 Å². The number of rotatable bonds is 7. The number of aliphatic hydroxyl groups is 1. The summed E-state index contributed by atoms with van der Waals surface area (Å²) in [6.45, 7) is 1.85. The normalized spacial score (nSPS) is 10.8. The molecule has 0 aliphatic heterocycles. The fourth-order valence-corrected chi connectivity index (χ4v) is 2.68. The van der Waals surface area contributed by atoms with Crippen molar-refractivity contribution in [3.05, 3.63) is 70.8 Å². The molecular weight excluding hydrogens is 314 g/mol. The Morgan fingerprint density at radius 2 is 1.60 bits per heavy atom. The van der Waals surface area contributed by atoms with Crippen LogP contribution in [0.2, 0.25) is 0 Å². The van der Waals surface area contributed by atoms with E-state index in [1.807, 2.05) is 50.5 Å². The molecular formula is C20H27N3O2. The van der Waals surface area contributed by atoms with Gasteiger partial charge in [0.1, 0.15) is 0 Å². The molecule has 0 aliphatic carbocycles. The molecule has 0 bridgehead atoms. The average Bonchev–Trinajstić information content (AvgIpc) is 2.61. The van der Waals surface area contributed by atoms with Gasteiger partial charge in [-0.1, -0.05) is 48.5 Å². The van der Waals surface area contributed by atoms with Gasteiger partial charge in [-0.2, -0.15) is 0 Å². The van der Waals surface area contributed by atoms with Gasteiger partial charge < -0.3 is 20.2 Å². The molecule has 0 unspecified atom stereocenters. The van der Waals surface area contributed by atoms with Crippen LogP contribution in [0.15, 0.2) is 48.5 Å². The predicted octanol–water partition coefficient (Wildman–Crippen LogP) is 2.58. The van der Waals surface area contributed by atoms with E-state index in [2.05, 4.69) is 22.3 Å². The Morgan fingerprint density at radius 1 is 0.960 bits per heavy atom. The number of hydrogen-bond donors (Lipinski definition) is 2. The molecule has 0 saturated carbocycles. The molecule has 0 heterocycles. The summed E-state index contributed by atoms with van der Waals surface area (Å²) in [6, 6.07) is 15.6. The van der Waals surface area contributed by atoms with Gasteiger partial charge in [0.25, 0.3) is 0 Å². The van der Waals surface area contributed by atoms with E-state index in [-0.39, 0.29) is 12.6 Å². The number of carbonyl (C=O) groups excluding carboxylic acids is 1. The van der Waals surface area contributed by atoms with Crippen LogP contribution in [0, 0.1) is 0 Å². The maximum Gasteiger partial charge on any atom is 0.317 e. The topological polar surface area (TPSA) is 55.8 Å².